The molecule has 0 unspecified atom stereocenters. The summed E-state index contributed by atoms with van der Waals surface area (Å²) in [5.74, 6) is 0.280. The number of H-pyrrole nitrogens is 1. The SMILES string of the molecule is CC[C@@H]1CN(C(=O)c2ncc[nH]2)CCC(=O)N1Cc1ccccc1. The molecule has 0 saturated carbocycles. The molecule has 1 fully saturated rings. The zero-order valence-electron chi connectivity index (χ0n) is 13.8. The predicted octanol–water partition coefficient (Wildman–Crippen LogP) is 2.06. The molecule has 2 amide bonds. The lowest BCUT2D eigenvalue weighted by Crippen LogP contribution is -2.44. The van der Waals surface area contributed by atoms with Crippen LogP contribution in [0, 0.1) is 0 Å². The minimum Gasteiger partial charge on any atom is -0.341 e. The summed E-state index contributed by atoms with van der Waals surface area (Å²) in [5.41, 5.74) is 1.11. The summed E-state index contributed by atoms with van der Waals surface area (Å²) in [6.45, 7) is 3.60. The molecule has 1 aliphatic rings. The number of nitrogens with zero attached hydrogens (tertiary/aromatic N) is 3. The molecule has 6 nitrogen and oxygen atoms in total. The highest BCUT2D eigenvalue weighted by atomic mass is 16.2. The molecule has 1 aromatic carbocycles. The van der Waals surface area contributed by atoms with Crippen LogP contribution < -0.4 is 0 Å². The summed E-state index contributed by atoms with van der Waals surface area (Å²) >= 11 is 0. The van der Waals surface area contributed by atoms with Gasteiger partial charge in [0.2, 0.25) is 5.91 Å². The first kappa shape index (κ1) is 16.2. The van der Waals surface area contributed by atoms with Crippen molar-refractivity contribution in [1.29, 1.82) is 0 Å². The first-order valence-electron chi connectivity index (χ1n) is 8.31. The maximum Gasteiger partial charge on any atom is 0.289 e. The first-order chi connectivity index (χ1) is 11.7. The second-order valence-electron chi connectivity index (χ2n) is 6.01. The molecule has 1 atom stereocenters. The van der Waals surface area contributed by atoms with Gasteiger partial charge in [-0.2, -0.15) is 0 Å². The summed E-state index contributed by atoms with van der Waals surface area (Å²) in [7, 11) is 0. The highest BCUT2D eigenvalue weighted by molar-refractivity contribution is 5.91. The van der Waals surface area contributed by atoms with E-state index in [0.29, 0.717) is 31.9 Å². The Bertz CT molecular complexity index is 684. The van der Waals surface area contributed by atoms with E-state index in [1.165, 1.54) is 0 Å². The molecule has 126 valence electrons. The van der Waals surface area contributed by atoms with Crippen LogP contribution in [0.5, 0.6) is 0 Å². The van der Waals surface area contributed by atoms with Crippen molar-refractivity contribution in [2.75, 3.05) is 13.1 Å². The molecule has 2 aromatic rings. The van der Waals surface area contributed by atoms with Gasteiger partial charge in [-0.05, 0) is 12.0 Å². The molecule has 6 heteroatoms. The van der Waals surface area contributed by atoms with E-state index >= 15 is 0 Å². The molecular formula is C18H22N4O2. The summed E-state index contributed by atoms with van der Waals surface area (Å²) in [5, 5.41) is 0. The van der Waals surface area contributed by atoms with Gasteiger partial charge in [0.15, 0.2) is 5.82 Å². The Balaban J connectivity index is 1.77. The van der Waals surface area contributed by atoms with Gasteiger partial charge in [0.05, 0.1) is 0 Å². The predicted molar refractivity (Wildman–Crippen MR) is 90.2 cm³/mol. The number of nitrogens with one attached hydrogen (secondary N) is 1. The largest absolute Gasteiger partial charge is 0.341 e. The Morgan fingerprint density at radius 3 is 2.79 bits per heavy atom. The van der Waals surface area contributed by atoms with Crippen LogP contribution in [0.3, 0.4) is 0 Å². The van der Waals surface area contributed by atoms with E-state index in [-0.39, 0.29) is 17.9 Å². The number of hydrogen-bond acceptors (Lipinski definition) is 3. The monoisotopic (exact) mass is 326 g/mol. The Kier molecular flexibility index (Phi) is 4.93. The Hall–Kier alpha value is -2.63. The molecule has 24 heavy (non-hydrogen) atoms. The molecule has 0 spiro atoms. The van der Waals surface area contributed by atoms with Crippen LogP contribution in [0.4, 0.5) is 0 Å². The van der Waals surface area contributed by atoms with E-state index in [1.807, 2.05) is 35.2 Å². The van der Waals surface area contributed by atoms with E-state index < -0.39 is 0 Å². The fourth-order valence-electron chi connectivity index (χ4n) is 3.09. The minimum absolute atomic E-state index is 0.0131. The molecule has 1 aromatic heterocycles. The molecule has 0 aliphatic carbocycles. The lowest BCUT2D eigenvalue weighted by Gasteiger charge is -2.31. The quantitative estimate of drug-likeness (QED) is 0.935. The third kappa shape index (κ3) is 3.48. The molecule has 0 bridgehead atoms. The number of imidazole rings is 1. The molecule has 0 radical (unpaired) electrons. The van der Waals surface area contributed by atoms with Gasteiger partial charge in [0, 0.05) is 44.5 Å². The van der Waals surface area contributed by atoms with Crippen molar-refractivity contribution >= 4 is 11.8 Å². The lowest BCUT2D eigenvalue weighted by molar-refractivity contribution is -0.133. The molecule has 1 N–H and O–H groups in total. The van der Waals surface area contributed by atoms with E-state index in [4.69, 9.17) is 0 Å². The molecule has 2 heterocycles. The zero-order valence-corrected chi connectivity index (χ0v) is 13.8. The number of rotatable bonds is 4. The van der Waals surface area contributed by atoms with Crippen LogP contribution in [-0.2, 0) is 11.3 Å². The molecule has 3 rings (SSSR count). The number of carbonyl (C=O) groups excluding carboxylic acids is 2. The van der Waals surface area contributed by atoms with Crippen molar-refractivity contribution in [2.24, 2.45) is 0 Å². The maximum absolute atomic E-state index is 12.6. The summed E-state index contributed by atoms with van der Waals surface area (Å²) in [4.78, 5) is 35.7. The number of aromatic nitrogens is 2. The number of hydrogen-bond donors (Lipinski definition) is 1. The van der Waals surface area contributed by atoms with Crippen LogP contribution in [-0.4, -0.2) is 50.7 Å². The van der Waals surface area contributed by atoms with Gasteiger partial charge in [0.25, 0.3) is 5.91 Å². The fourth-order valence-corrected chi connectivity index (χ4v) is 3.09. The van der Waals surface area contributed by atoms with Gasteiger partial charge in [-0.25, -0.2) is 4.98 Å². The van der Waals surface area contributed by atoms with Gasteiger partial charge in [-0.3, -0.25) is 9.59 Å². The van der Waals surface area contributed by atoms with E-state index in [0.717, 1.165) is 12.0 Å². The Morgan fingerprint density at radius 1 is 1.33 bits per heavy atom. The third-order valence-electron chi connectivity index (χ3n) is 4.44. The fraction of sp³-hybridized carbons (Fsp3) is 0.389. The van der Waals surface area contributed by atoms with E-state index in [1.54, 1.807) is 17.3 Å². The van der Waals surface area contributed by atoms with Crippen LogP contribution in [0.2, 0.25) is 0 Å². The van der Waals surface area contributed by atoms with Crippen molar-refractivity contribution in [1.82, 2.24) is 19.8 Å². The van der Waals surface area contributed by atoms with Crippen molar-refractivity contribution in [2.45, 2.75) is 32.4 Å². The first-order valence-corrected chi connectivity index (χ1v) is 8.31. The van der Waals surface area contributed by atoms with Gasteiger partial charge >= 0.3 is 0 Å². The summed E-state index contributed by atoms with van der Waals surface area (Å²) in [6.07, 6.45) is 4.35. The average Bonchev–Trinajstić information content (AvgIpc) is 3.10. The number of benzene rings is 1. The van der Waals surface area contributed by atoms with Gasteiger partial charge in [0.1, 0.15) is 0 Å². The molecule has 1 aliphatic heterocycles. The molecular weight excluding hydrogens is 304 g/mol. The Labute approximate surface area is 141 Å². The van der Waals surface area contributed by atoms with Gasteiger partial charge < -0.3 is 14.8 Å². The zero-order chi connectivity index (χ0) is 16.9. The second-order valence-corrected chi connectivity index (χ2v) is 6.01. The van der Waals surface area contributed by atoms with Crippen molar-refractivity contribution in [3.05, 3.63) is 54.1 Å². The standard InChI is InChI=1S/C18H22N4O2/c1-2-15-13-21(18(24)17-19-9-10-20-17)11-8-16(23)22(15)12-14-6-4-3-5-7-14/h3-7,9-10,15H,2,8,11-13H2,1H3,(H,19,20)/t15-/m1/s1. The number of amides is 2. The second kappa shape index (κ2) is 7.29. The van der Waals surface area contributed by atoms with Crippen LogP contribution in [0.25, 0.3) is 0 Å². The number of carbonyl (C=O) groups is 2. The average molecular weight is 326 g/mol. The van der Waals surface area contributed by atoms with Gasteiger partial charge in [-0.1, -0.05) is 37.3 Å². The van der Waals surface area contributed by atoms with Crippen molar-refractivity contribution < 1.29 is 9.59 Å². The summed E-state index contributed by atoms with van der Waals surface area (Å²) in [6, 6.07) is 9.98. The van der Waals surface area contributed by atoms with Crippen LogP contribution in [0.1, 0.15) is 35.9 Å². The normalized spacial score (nSPS) is 18.5. The third-order valence-corrected chi connectivity index (χ3v) is 4.44. The lowest BCUT2D eigenvalue weighted by atomic mass is 10.1. The van der Waals surface area contributed by atoms with Crippen LogP contribution in [0.15, 0.2) is 42.7 Å². The molecule has 1 saturated heterocycles. The summed E-state index contributed by atoms with van der Waals surface area (Å²) < 4.78 is 0. The number of aromatic amines is 1. The van der Waals surface area contributed by atoms with E-state index in [2.05, 4.69) is 16.9 Å². The highest BCUT2D eigenvalue weighted by Crippen LogP contribution is 2.18. The Morgan fingerprint density at radius 2 is 2.12 bits per heavy atom. The highest BCUT2D eigenvalue weighted by Gasteiger charge is 2.31. The smallest absolute Gasteiger partial charge is 0.289 e. The van der Waals surface area contributed by atoms with Crippen LogP contribution >= 0.6 is 0 Å². The van der Waals surface area contributed by atoms with Crippen molar-refractivity contribution in [3.63, 3.8) is 0 Å². The minimum atomic E-state index is -0.146. The van der Waals surface area contributed by atoms with Gasteiger partial charge in [-0.15, -0.1) is 0 Å². The van der Waals surface area contributed by atoms with Crippen molar-refractivity contribution in [3.8, 4) is 0 Å². The maximum atomic E-state index is 12.6. The van der Waals surface area contributed by atoms with E-state index in [9.17, 15) is 9.59 Å². The topological polar surface area (TPSA) is 69.3 Å².